The highest BCUT2D eigenvalue weighted by Gasteiger charge is 2.15. The average molecular weight is 260 g/mol. The summed E-state index contributed by atoms with van der Waals surface area (Å²) < 4.78 is 6.86. The maximum Gasteiger partial charge on any atom is 0.0850 e. The van der Waals surface area contributed by atoms with Crippen LogP contribution in [-0.4, -0.2) is 29.5 Å². The molecule has 0 fully saturated rings. The fraction of sp³-hybridized carbons (Fsp3) is 0.750. The van der Waals surface area contributed by atoms with E-state index in [0.717, 1.165) is 48.7 Å². The number of nitrogens with two attached hydrogens (primary N) is 1. The fourth-order valence-corrected chi connectivity index (χ4v) is 2.25. The summed E-state index contributed by atoms with van der Waals surface area (Å²) >= 11 is 6.27. The van der Waals surface area contributed by atoms with Crippen molar-refractivity contribution in [3.8, 4) is 0 Å². The summed E-state index contributed by atoms with van der Waals surface area (Å²) in [5, 5.41) is 5.16. The summed E-state index contributed by atoms with van der Waals surface area (Å²) in [7, 11) is 3.62. The largest absolute Gasteiger partial charge is 0.385 e. The first kappa shape index (κ1) is 14.5. The molecule has 0 aromatic carbocycles. The minimum atomic E-state index is 0.114. The monoisotopic (exact) mass is 259 g/mol. The van der Waals surface area contributed by atoms with Crippen LogP contribution in [0.25, 0.3) is 0 Å². The molecule has 1 heterocycles. The first-order valence-corrected chi connectivity index (χ1v) is 6.42. The lowest BCUT2D eigenvalue weighted by Gasteiger charge is -2.11. The third-order valence-electron chi connectivity index (χ3n) is 2.88. The second-order valence-corrected chi connectivity index (χ2v) is 4.66. The molecule has 1 aromatic rings. The Morgan fingerprint density at radius 1 is 1.53 bits per heavy atom. The Morgan fingerprint density at radius 3 is 2.76 bits per heavy atom. The van der Waals surface area contributed by atoms with Gasteiger partial charge in [-0.15, -0.1) is 0 Å². The fourth-order valence-electron chi connectivity index (χ4n) is 1.88. The number of aromatic nitrogens is 2. The first-order valence-electron chi connectivity index (χ1n) is 6.04. The standard InChI is InChI=1S/C12H22ClN3O/c1-4-10-12(13)11(16(2)15-10)8-9(14)6-5-7-17-3/h9H,4-8,14H2,1-3H3. The van der Waals surface area contributed by atoms with E-state index in [-0.39, 0.29) is 6.04 Å². The zero-order valence-electron chi connectivity index (χ0n) is 10.9. The first-order chi connectivity index (χ1) is 8.10. The summed E-state index contributed by atoms with van der Waals surface area (Å²) in [4.78, 5) is 0. The van der Waals surface area contributed by atoms with Crippen LogP contribution < -0.4 is 5.73 Å². The SMILES string of the molecule is CCc1nn(C)c(CC(N)CCCOC)c1Cl. The molecule has 98 valence electrons. The van der Waals surface area contributed by atoms with Crippen molar-refractivity contribution in [2.45, 2.75) is 38.6 Å². The molecular formula is C12H22ClN3O. The maximum atomic E-state index is 6.27. The molecule has 0 saturated heterocycles. The molecule has 4 nitrogen and oxygen atoms in total. The van der Waals surface area contributed by atoms with Gasteiger partial charge < -0.3 is 10.5 Å². The smallest absolute Gasteiger partial charge is 0.0850 e. The van der Waals surface area contributed by atoms with Crippen LogP contribution >= 0.6 is 11.6 Å². The van der Waals surface area contributed by atoms with Crippen molar-refractivity contribution in [1.29, 1.82) is 0 Å². The molecule has 1 atom stereocenters. The molecule has 0 aliphatic heterocycles. The summed E-state index contributed by atoms with van der Waals surface area (Å²) in [5.74, 6) is 0. The third kappa shape index (κ3) is 3.98. The molecule has 1 unspecified atom stereocenters. The van der Waals surface area contributed by atoms with Crippen LogP contribution in [0.5, 0.6) is 0 Å². The molecule has 1 rings (SSSR count). The molecule has 0 saturated carbocycles. The predicted octanol–water partition coefficient (Wildman–Crippen LogP) is 1.93. The number of halogens is 1. The predicted molar refractivity (Wildman–Crippen MR) is 70.4 cm³/mol. The van der Waals surface area contributed by atoms with E-state index in [1.165, 1.54) is 0 Å². The molecule has 0 spiro atoms. The van der Waals surface area contributed by atoms with E-state index in [1.54, 1.807) is 7.11 Å². The number of ether oxygens (including phenoxy) is 1. The van der Waals surface area contributed by atoms with Gasteiger partial charge in [0.25, 0.3) is 0 Å². The van der Waals surface area contributed by atoms with Gasteiger partial charge in [-0.1, -0.05) is 18.5 Å². The van der Waals surface area contributed by atoms with Gasteiger partial charge in [0.15, 0.2) is 0 Å². The molecular weight excluding hydrogens is 238 g/mol. The van der Waals surface area contributed by atoms with E-state index in [2.05, 4.69) is 12.0 Å². The van der Waals surface area contributed by atoms with Gasteiger partial charge in [0.05, 0.1) is 16.4 Å². The summed E-state index contributed by atoms with van der Waals surface area (Å²) in [6, 6.07) is 0.114. The Hall–Kier alpha value is -0.580. The Bertz CT molecular complexity index is 352. The van der Waals surface area contributed by atoms with E-state index in [1.807, 2.05) is 11.7 Å². The normalized spacial score (nSPS) is 13.0. The van der Waals surface area contributed by atoms with Crippen LogP contribution in [0.4, 0.5) is 0 Å². The van der Waals surface area contributed by atoms with Crippen LogP contribution in [0.1, 0.15) is 31.2 Å². The van der Waals surface area contributed by atoms with Crippen LogP contribution in [0.3, 0.4) is 0 Å². The number of methoxy groups -OCH3 is 1. The van der Waals surface area contributed by atoms with E-state index in [0.29, 0.717) is 0 Å². The van der Waals surface area contributed by atoms with Crippen molar-refractivity contribution in [3.05, 3.63) is 16.4 Å². The second-order valence-electron chi connectivity index (χ2n) is 4.28. The minimum absolute atomic E-state index is 0.114. The van der Waals surface area contributed by atoms with Gasteiger partial charge in [-0.2, -0.15) is 5.10 Å². The molecule has 0 aliphatic carbocycles. The third-order valence-corrected chi connectivity index (χ3v) is 3.32. The van der Waals surface area contributed by atoms with Gasteiger partial charge in [-0.25, -0.2) is 0 Å². The Morgan fingerprint density at radius 2 is 2.24 bits per heavy atom. The van der Waals surface area contributed by atoms with Crippen molar-refractivity contribution in [3.63, 3.8) is 0 Å². The highest BCUT2D eigenvalue weighted by Crippen LogP contribution is 2.22. The highest BCUT2D eigenvalue weighted by atomic mass is 35.5. The maximum absolute atomic E-state index is 6.27. The van der Waals surface area contributed by atoms with Crippen molar-refractivity contribution in [1.82, 2.24) is 9.78 Å². The summed E-state index contributed by atoms with van der Waals surface area (Å²) in [6.45, 7) is 2.81. The number of aryl methyl sites for hydroxylation is 2. The van der Waals surface area contributed by atoms with Gasteiger partial charge in [0, 0.05) is 33.2 Å². The molecule has 1 aromatic heterocycles. The van der Waals surface area contributed by atoms with Crippen molar-refractivity contribution in [2.75, 3.05) is 13.7 Å². The molecule has 5 heteroatoms. The summed E-state index contributed by atoms with van der Waals surface area (Å²) in [5.41, 5.74) is 8.07. The molecule has 0 amide bonds. The average Bonchev–Trinajstić information content (AvgIpc) is 2.57. The lowest BCUT2D eigenvalue weighted by molar-refractivity contribution is 0.190. The zero-order chi connectivity index (χ0) is 12.8. The lowest BCUT2D eigenvalue weighted by atomic mass is 10.1. The van der Waals surface area contributed by atoms with Crippen molar-refractivity contribution < 1.29 is 4.74 Å². The highest BCUT2D eigenvalue weighted by molar-refractivity contribution is 6.31. The Balaban J connectivity index is 2.58. The Labute approximate surface area is 108 Å². The van der Waals surface area contributed by atoms with E-state index >= 15 is 0 Å². The van der Waals surface area contributed by atoms with E-state index in [9.17, 15) is 0 Å². The van der Waals surface area contributed by atoms with Crippen LogP contribution in [0.2, 0.25) is 5.02 Å². The van der Waals surface area contributed by atoms with Gasteiger partial charge in [-0.3, -0.25) is 4.68 Å². The Kier molecular flexibility index (Phi) is 5.95. The zero-order valence-corrected chi connectivity index (χ0v) is 11.6. The van der Waals surface area contributed by atoms with E-state index < -0.39 is 0 Å². The minimum Gasteiger partial charge on any atom is -0.385 e. The quantitative estimate of drug-likeness (QED) is 0.762. The van der Waals surface area contributed by atoms with Crippen LogP contribution in [-0.2, 0) is 24.6 Å². The molecule has 0 bridgehead atoms. The van der Waals surface area contributed by atoms with Gasteiger partial charge >= 0.3 is 0 Å². The van der Waals surface area contributed by atoms with Gasteiger partial charge in [-0.05, 0) is 19.3 Å². The topological polar surface area (TPSA) is 53.1 Å². The van der Waals surface area contributed by atoms with Crippen LogP contribution in [0, 0.1) is 0 Å². The number of nitrogens with zero attached hydrogens (tertiary/aromatic N) is 2. The number of rotatable bonds is 7. The van der Waals surface area contributed by atoms with Gasteiger partial charge in [0.1, 0.15) is 0 Å². The van der Waals surface area contributed by atoms with Gasteiger partial charge in [0.2, 0.25) is 0 Å². The molecule has 17 heavy (non-hydrogen) atoms. The number of hydrogen-bond donors (Lipinski definition) is 1. The van der Waals surface area contributed by atoms with E-state index in [4.69, 9.17) is 22.1 Å². The number of hydrogen-bond acceptors (Lipinski definition) is 3. The van der Waals surface area contributed by atoms with Crippen molar-refractivity contribution >= 4 is 11.6 Å². The second kappa shape index (κ2) is 6.99. The summed E-state index contributed by atoms with van der Waals surface area (Å²) in [6.07, 6.45) is 3.54. The molecule has 0 radical (unpaired) electrons. The van der Waals surface area contributed by atoms with Crippen LogP contribution in [0.15, 0.2) is 0 Å². The molecule has 2 N–H and O–H groups in total. The van der Waals surface area contributed by atoms with Crippen molar-refractivity contribution in [2.24, 2.45) is 12.8 Å². The lowest BCUT2D eigenvalue weighted by Crippen LogP contribution is -2.24. The molecule has 0 aliphatic rings.